The predicted molar refractivity (Wildman–Crippen MR) is 150 cm³/mol. The number of H-pyrrole nitrogens is 2. The minimum Gasteiger partial charge on any atom is -0.480 e. The number of nitrogens with zero attached hydrogens (tertiary/aromatic N) is 1. The van der Waals surface area contributed by atoms with E-state index in [1.807, 2.05) is 44.3 Å². The van der Waals surface area contributed by atoms with Crippen molar-refractivity contribution in [1.29, 1.82) is 0 Å². The minimum absolute atomic E-state index is 0.0379. The zero-order chi connectivity index (χ0) is 29.4. The van der Waals surface area contributed by atoms with Crippen molar-refractivity contribution in [3.05, 3.63) is 54.2 Å². The largest absolute Gasteiger partial charge is 0.480 e. The van der Waals surface area contributed by atoms with Crippen LogP contribution in [0.4, 0.5) is 0 Å². The van der Waals surface area contributed by atoms with E-state index in [1.165, 1.54) is 12.5 Å². The first-order valence-corrected chi connectivity index (χ1v) is 13.4. The Morgan fingerprint density at radius 3 is 2.25 bits per heavy atom. The summed E-state index contributed by atoms with van der Waals surface area (Å²) >= 11 is 0. The molecule has 0 aliphatic rings. The van der Waals surface area contributed by atoms with Crippen LogP contribution < -0.4 is 21.7 Å². The summed E-state index contributed by atoms with van der Waals surface area (Å²) in [7, 11) is 0. The highest BCUT2D eigenvalue weighted by Crippen LogP contribution is 2.19. The second kappa shape index (κ2) is 13.7. The van der Waals surface area contributed by atoms with E-state index in [1.54, 1.807) is 13.8 Å². The van der Waals surface area contributed by atoms with Crippen LogP contribution in [0, 0.1) is 11.8 Å². The molecular formula is C28H39N7O5. The molecule has 216 valence electrons. The Kier molecular flexibility index (Phi) is 10.4. The van der Waals surface area contributed by atoms with Gasteiger partial charge in [0.2, 0.25) is 17.7 Å². The summed E-state index contributed by atoms with van der Waals surface area (Å²) in [5.41, 5.74) is 8.64. The summed E-state index contributed by atoms with van der Waals surface area (Å²) in [6.07, 6.45) is 5.37. The molecule has 0 aliphatic heterocycles. The minimum atomic E-state index is -1.15. The Morgan fingerprint density at radius 2 is 1.62 bits per heavy atom. The molecule has 0 radical (unpaired) electrons. The highest BCUT2D eigenvalue weighted by atomic mass is 16.4. The number of carbonyl (C=O) groups is 4. The first kappa shape index (κ1) is 30.4. The first-order chi connectivity index (χ1) is 19.0. The van der Waals surface area contributed by atoms with Crippen molar-refractivity contribution < 1.29 is 24.3 Å². The lowest BCUT2D eigenvalue weighted by molar-refractivity contribution is -0.143. The quantitative estimate of drug-likeness (QED) is 0.156. The number of para-hydroxylation sites is 1. The molecule has 12 nitrogen and oxygen atoms in total. The highest BCUT2D eigenvalue weighted by Gasteiger charge is 2.32. The predicted octanol–water partition coefficient (Wildman–Crippen LogP) is 1.24. The molecule has 1 aromatic carbocycles. The number of imidazole rings is 1. The molecule has 4 atom stereocenters. The molecule has 0 bridgehead atoms. The lowest BCUT2D eigenvalue weighted by Crippen LogP contribution is -2.59. The van der Waals surface area contributed by atoms with E-state index in [-0.39, 0.29) is 31.1 Å². The van der Waals surface area contributed by atoms with Gasteiger partial charge in [-0.15, -0.1) is 0 Å². The van der Waals surface area contributed by atoms with Crippen LogP contribution in [0.5, 0.6) is 0 Å². The average molecular weight is 554 g/mol. The average Bonchev–Trinajstić information content (AvgIpc) is 3.55. The van der Waals surface area contributed by atoms with E-state index in [9.17, 15) is 24.3 Å². The van der Waals surface area contributed by atoms with Crippen LogP contribution in [0.2, 0.25) is 0 Å². The number of carboxylic acids is 1. The number of aromatic nitrogens is 3. The summed E-state index contributed by atoms with van der Waals surface area (Å²) in [6, 6.07) is 3.56. The second-order valence-electron chi connectivity index (χ2n) is 10.8. The van der Waals surface area contributed by atoms with Crippen LogP contribution in [0.15, 0.2) is 43.0 Å². The molecule has 3 aromatic rings. The van der Waals surface area contributed by atoms with E-state index in [0.717, 1.165) is 16.5 Å². The molecule has 0 aliphatic carbocycles. The molecule has 0 fully saturated rings. The topological polar surface area (TPSA) is 195 Å². The SMILES string of the molecule is CC(C)CC(NC(=O)C(NC(=O)C(Cc1cnc[nH]1)NC(=O)C(N)Cc1c[nH]c2ccccc12)C(C)C)C(=O)O. The van der Waals surface area contributed by atoms with Crippen LogP contribution >= 0.6 is 0 Å². The standard InChI is InChI=1S/C28H39N7O5/c1-15(2)9-23(28(39)40)34-27(38)24(16(3)4)35-26(37)22(11-18-13-30-14-32-18)33-25(36)20(29)10-17-12-31-21-8-6-5-7-19(17)21/h5-8,12-16,20,22-24,31H,9-11,29H2,1-4H3,(H,30,32)(H,33,36)(H,34,38)(H,35,37)(H,39,40). The van der Waals surface area contributed by atoms with Gasteiger partial charge in [-0.05, 0) is 36.3 Å². The van der Waals surface area contributed by atoms with Gasteiger partial charge in [-0.3, -0.25) is 14.4 Å². The number of benzene rings is 1. The van der Waals surface area contributed by atoms with Crippen molar-refractivity contribution in [3.63, 3.8) is 0 Å². The number of carbonyl (C=O) groups excluding carboxylic acids is 3. The number of nitrogens with two attached hydrogens (primary N) is 1. The Balaban J connectivity index is 1.73. The van der Waals surface area contributed by atoms with Gasteiger partial charge in [-0.25, -0.2) is 9.78 Å². The third-order valence-corrected chi connectivity index (χ3v) is 6.63. The van der Waals surface area contributed by atoms with E-state index in [4.69, 9.17) is 5.73 Å². The maximum Gasteiger partial charge on any atom is 0.326 e. The number of rotatable bonds is 14. The van der Waals surface area contributed by atoms with E-state index in [0.29, 0.717) is 5.69 Å². The Labute approximate surface area is 232 Å². The van der Waals surface area contributed by atoms with Gasteiger partial charge in [0, 0.05) is 35.4 Å². The van der Waals surface area contributed by atoms with Gasteiger partial charge >= 0.3 is 5.97 Å². The molecule has 8 N–H and O–H groups in total. The molecule has 40 heavy (non-hydrogen) atoms. The van der Waals surface area contributed by atoms with E-state index < -0.39 is 47.9 Å². The molecule has 3 amide bonds. The molecule has 2 aromatic heterocycles. The number of aromatic amines is 2. The summed E-state index contributed by atoms with van der Waals surface area (Å²) in [5, 5.41) is 18.5. The number of hydrogen-bond donors (Lipinski definition) is 7. The monoisotopic (exact) mass is 553 g/mol. The Morgan fingerprint density at radius 1 is 0.925 bits per heavy atom. The van der Waals surface area contributed by atoms with Crippen LogP contribution in [0.25, 0.3) is 10.9 Å². The van der Waals surface area contributed by atoms with Crippen molar-refractivity contribution in [3.8, 4) is 0 Å². The fourth-order valence-corrected chi connectivity index (χ4v) is 4.48. The van der Waals surface area contributed by atoms with Gasteiger partial charge in [0.25, 0.3) is 0 Å². The van der Waals surface area contributed by atoms with Gasteiger partial charge in [0.05, 0.1) is 12.4 Å². The van der Waals surface area contributed by atoms with Crippen molar-refractivity contribution in [2.24, 2.45) is 17.6 Å². The van der Waals surface area contributed by atoms with Crippen LogP contribution in [-0.4, -0.2) is 67.9 Å². The zero-order valence-corrected chi connectivity index (χ0v) is 23.2. The number of amides is 3. The maximum absolute atomic E-state index is 13.4. The molecule has 0 spiro atoms. The summed E-state index contributed by atoms with van der Waals surface area (Å²) < 4.78 is 0. The van der Waals surface area contributed by atoms with Gasteiger partial charge in [-0.1, -0.05) is 45.9 Å². The Hall–Kier alpha value is -4.19. The van der Waals surface area contributed by atoms with Crippen molar-refractivity contribution in [2.75, 3.05) is 0 Å². The third kappa shape index (κ3) is 8.15. The van der Waals surface area contributed by atoms with Crippen molar-refractivity contribution >= 4 is 34.6 Å². The smallest absolute Gasteiger partial charge is 0.326 e. The van der Waals surface area contributed by atoms with Crippen LogP contribution in [0.3, 0.4) is 0 Å². The van der Waals surface area contributed by atoms with E-state index in [2.05, 4.69) is 30.9 Å². The molecule has 3 rings (SSSR count). The first-order valence-electron chi connectivity index (χ1n) is 13.4. The molecule has 2 heterocycles. The number of aliphatic carboxylic acids is 1. The molecular weight excluding hydrogens is 514 g/mol. The van der Waals surface area contributed by atoms with Gasteiger partial charge < -0.3 is 36.8 Å². The molecule has 4 unspecified atom stereocenters. The van der Waals surface area contributed by atoms with E-state index >= 15 is 0 Å². The van der Waals surface area contributed by atoms with Gasteiger partial charge in [-0.2, -0.15) is 0 Å². The summed E-state index contributed by atoms with van der Waals surface area (Å²) in [4.78, 5) is 61.3. The maximum atomic E-state index is 13.4. The number of hydrogen-bond acceptors (Lipinski definition) is 6. The fourth-order valence-electron chi connectivity index (χ4n) is 4.48. The van der Waals surface area contributed by atoms with Gasteiger partial charge in [0.15, 0.2) is 0 Å². The molecule has 0 saturated carbocycles. The Bertz CT molecular complexity index is 1300. The fraction of sp³-hybridized carbons (Fsp3) is 0.464. The number of carboxylic acid groups (broad SMARTS) is 1. The summed E-state index contributed by atoms with van der Waals surface area (Å²) in [5.74, 6) is -3.21. The lowest BCUT2D eigenvalue weighted by atomic mass is 9.99. The lowest BCUT2D eigenvalue weighted by Gasteiger charge is -2.27. The normalized spacial score (nSPS) is 14.5. The van der Waals surface area contributed by atoms with Crippen LogP contribution in [0.1, 0.15) is 45.4 Å². The van der Waals surface area contributed by atoms with Gasteiger partial charge in [0.1, 0.15) is 18.1 Å². The molecule has 0 saturated heterocycles. The zero-order valence-electron chi connectivity index (χ0n) is 23.2. The highest BCUT2D eigenvalue weighted by molar-refractivity contribution is 5.94. The second-order valence-corrected chi connectivity index (χ2v) is 10.8. The molecule has 12 heteroatoms. The number of nitrogens with one attached hydrogen (secondary N) is 5. The van der Waals surface area contributed by atoms with Crippen molar-refractivity contribution in [2.45, 2.75) is 71.1 Å². The summed E-state index contributed by atoms with van der Waals surface area (Å²) in [6.45, 7) is 7.19. The van der Waals surface area contributed by atoms with Crippen LogP contribution in [-0.2, 0) is 32.0 Å². The number of fused-ring (bicyclic) bond motifs is 1. The van der Waals surface area contributed by atoms with Crippen molar-refractivity contribution in [1.82, 2.24) is 30.9 Å². The third-order valence-electron chi connectivity index (χ3n) is 6.63.